The van der Waals surface area contributed by atoms with Crippen molar-refractivity contribution in [3.05, 3.63) is 78.4 Å². The predicted molar refractivity (Wildman–Crippen MR) is 133 cm³/mol. The zero-order valence-electron chi connectivity index (χ0n) is 20.0. The summed E-state index contributed by atoms with van der Waals surface area (Å²) in [6.07, 6.45) is 4.89. The summed E-state index contributed by atoms with van der Waals surface area (Å²) in [5, 5.41) is 0. The first-order valence-corrected chi connectivity index (χ1v) is 13.4. The molecule has 0 N–H and O–H groups in total. The number of rotatable bonds is 8. The molecule has 1 saturated heterocycles. The Hall–Kier alpha value is -2.60. The molecule has 1 aliphatic rings. The van der Waals surface area contributed by atoms with Gasteiger partial charge in [-0.1, -0.05) is 0 Å². The first-order valence-electron chi connectivity index (χ1n) is 11.6. The van der Waals surface area contributed by atoms with E-state index in [4.69, 9.17) is 14.5 Å². The van der Waals surface area contributed by atoms with E-state index < -0.39 is 11.6 Å². The monoisotopic (exact) mass is 531 g/mol. The second kappa shape index (κ2) is 12.7. The summed E-state index contributed by atoms with van der Waals surface area (Å²) in [5.74, 6) is -0.149. The van der Waals surface area contributed by atoms with Gasteiger partial charge in [-0.15, -0.1) is 0 Å². The van der Waals surface area contributed by atoms with E-state index in [1.807, 2.05) is 75.4 Å². The van der Waals surface area contributed by atoms with Gasteiger partial charge in [0.05, 0.1) is 0 Å². The van der Waals surface area contributed by atoms with Gasteiger partial charge in [-0.3, -0.25) is 0 Å². The van der Waals surface area contributed by atoms with E-state index in [0.717, 1.165) is 18.4 Å². The molecule has 0 unspecified atom stereocenters. The fourth-order valence-corrected chi connectivity index (χ4v) is 6.24. The molecular weight excluding hydrogens is 497 g/mol. The first kappa shape index (κ1) is 26.0. The molecule has 0 aromatic heterocycles. The van der Waals surface area contributed by atoms with Crippen molar-refractivity contribution >= 4 is 31.5 Å². The zero-order valence-corrected chi connectivity index (χ0v) is 21.7. The number of ether oxygens (including phenoxy) is 1. The number of hydrogen-bond donors (Lipinski definition) is 0. The fourth-order valence-electron chi connectivity index (χ4n) is 3.62. The van der Waals surface area contributed by atoms with Gasteiger partial charge in [0.1, 0.15) is 0 Å². The molecule has 182 valence electrons. The molecule has 1 heterocycles. The van der Waals surface area contributed by atoms with Gasteiger partial charge in [-0.25, -0.2) is 0 Å². The van der Waals surface area contributed by atoms with Crippen LogP contribution in [0.4, 0.5) is 4.79 Å². The average Bonchev–Trinajstić information content (AvgIpc) is 2.82. The van der Waals surface area contributed by atoms with E-state index >= 15 is 0 Å². The Kier molecular flexibility index (Phi) is 9.75. The molecule has 7 heteroatoms. The Bertz CT molecular complexity index is 934. The standard InChI is InChI=1S/C27H33NO5Se/c1-27(2,3)32-26(30)28-18-16-22(17-19-28)24(34-23-12-8-5-9-13-23)14-15-25(29)33-31-20-21-10-6-4-7-11-21/h4-15,22,24H,16-20H2,1-3H3/b15-14+/t24-/m1/s1. The summed E-state index contributed by atoms with van der Waals surface area (Å²) < 4.78 is 6.79. The second-order valence-electron chi connectivity index (χ2n) is 9.21. The van der Waals surface area contributed by atoms with Crippen LogP contribution in [0.1, 0.15) is 39.2 Å². The molecular formula is C27H33NO5Se. The average molecular weight is 531 g/mol. The SMILES string of the molecule is CC(C)(C)OC(=O)N1CCC([C@@H](/C=C/C(=O)OOCc2ccccc2)[Se]c2ccccc2)CC1. The third kappa shape index (κ3) is 8.98. The normalized spacial score (nSPS) is 15.8. The quantitative estimate of drug-likeness (QED) is 0.215. The van der Waals surface area contributed by atoms with Crippen molar-refractivity contribution in [1.29, 1.82) is 0 Å². The molecule has 34 heavy (non-hydrogen) atoms. The number of carbonyl (C=O) groups is 2. The molecule has 1 aliphatic heterocycles. The molecule has 0 spiro atoms. The van der Waals surface area contributed by atoms with Gasteiger partial charge >= 0.3 is 209 Å². The van der Waals surface area contributed by atoms with Gasteiger partial charge in [0.25, 0.3) is 0 Å². The van der Waals surface area contributed by atoms with Crippen molar-refractivity contribution in [2.75, 3.05) is 13.1 Å². The summed E-state index contributed by atoms with van der Waals surface area (Å²) in [7, 11) is 0. The number of nitrogens with zero attached hydrogens (tertiary/aromatic N) is 1. The molecule has 0 aliphatic carbocycles. The molecule has 0 saturated carbocycles. The Labute approximate surface area is 208 Å². The van der Waals surface area contributed by atoms with Crippen molar-refractivity contribution in [2.45, 2.75) is 50.6 Å². The van der Waals surface area contributed by atoms with E-state index in [2.05, 4.69) is 12.1 Å². The Morgan fingerprint density at radius 3 is 2.26 bits per heavy atom. The van der Waals surface area contributed by atoms with Gasteiger partial charge in [-0.05, 0) is 0 Å². The van der Waals surface area contributed by atoms with Gasteiger partial charge in [-0.2, -0.15) is 0 Å². The van der Waals surface area contributed by atoms with Crippen LogP contribution in [0.5, 0.6) is 0 Å². The third-order valence-electron chi connectivity index (χ3n) is 5.30. The van der Waals surface area contributed by atoms with Crippen LogP contribution >= 0.6 is 0 Å². The minimum absolute atomic E-state index is 0.141. The molecule has 1 fully saturated rings. The van der Waals surface area contributed by atoms with E-state index in [9.17, 15) is 9.59 Å². The summed E-state index contributed by atoms with van der Waals surface area (Å²) in [6.45, 7) is 7.15. The van der Waals surface area contributed by atoms with Gasteiger partial charge in [0.15, 0.2) is 0 Å². The molecule has 0 radical (unpaired) electrons. The van der Waals surface area contributed by atoms with Crippen LogP contribution in [0.2, 0.25) is 4.82 Å². The summed E-state index contributed by atoms with van der Waals surface area (Å²) in [4.78, 5) is 36.7. The number of carbonyl (C=O) groups excluding carboxylic acids is 2. The van der Waals surface area contributed by atoms with Crippen LogP contribution < -0.4 is 4.46 Å². The number of allylic oxidation sites excluding steroid dienone is 1. The maximum atomic E-state index is 12.4. The maximum absolute atomic E-state index is 12.4. The van der Waals surface area contributed by atoms with E-state index in [0.29, 0.717) is 19.0 Å². The zero-order chi connectivity index (χ0) is 24.4. The van der Waals surface area contributed by atoms with Crippen LogP contribution in [0.25, 0.3) is 0 Å². The molecule has 3 rings (SSSR count). The minimum atomic E-state index is -0.518. The van der Waals surface area contributed by atoms with E-state index in [1.54, 1.807) is 4.90 Å². The van der Waals surface area contributed by atoms with Crippen LogP contribution in [-0.4, -0.2) is 50.6 Å². The predicted octanol–water partition coefficient (Wildman–Crippen LogP) is 4.68. The fraction of sp³-hybridized carbons (Fsp3) is 0.407. The number of piperidine rings is 1. The van der Waals surface area contributed by atoms with Crippen LogP contribution in [0, 0.1) is 5.92 Å². The van der Waals surface area contributed by atoms with Crippen molar-refractivity contribution in [3.63, 3.8) is 0 Å². The van der Waals surface area contributed by atoms with Crippen molar-refractivity contribution in [3.8, 4) is 0 Å². The number of likely N-dealkylation sites (tertiary alicyclic amines) is 1. The summed E-state index contributed by atoms with van der Waals surface area (Å²) in [5.41, 5.74) is 0.430. The van der Waals surface area contributed by atoms with Gasteiger partial charge in [0.2, 0.25) is 0 Å². The number of hydrogen-bond acceptors (Lipinski definition) is 5. The van der Waals surface area contributed by atoms with Crippen LogP contribution in [0.3, 0.4) is 0 Å². The van der Waals surface area contributed by atoms with E-state index in [-0.39, 0.29) is 32.5 Å². The Balaban J connectivity index is 1.57. The topological polar surface area (TPSA) is 65.1 Å². The van der Waals surface area contributed by atoms with Crippen LogP contribution in [0.15, 0.2) is 72.8 Å². The number of amides is 1. The Morgan fingerprint density at radius 1 is 1.03 bits per heavy atom. The first-order chi connectivity index (χ1) is 16.3. The van der Waals surface area contributed by atoms with Gasteiger partial charge < -0.3 is 0 Å². The van der Waals surface area contributed by atoms with Crippen molar-refractivity contribution in [1.82, 2.24) is 4.90 Å². The third-order valence-corrected chi connectivity index (χ3v) is 8.15. The summed E-state index contributed by atoms with van der Waals surface area (Å²) in [6, 6.07) is 19.9. The molecule has 1 atom stereocenters. The van der Waals surface area contributed by atoms with Crippen molar-refractivity contribution < 1.29 is 24.1 Å². The summed E-state index contributed by atoms with van der Waals surface area (Å²) >= 11 is 0.141. The second-order valence-corrected chi connectivity index (χ2v) is 11.8. The molecule has 2 aromatic carbocycles. The van der Waals surface area contributed by atoms with Crippen LogP contribution in [-0.2, 0) is 25.9 Å². The Morgan fingerprint density at radius 2 is 1.65 bits per heavy atom. The number of benzene rings is 2. The molecule has 6 nitrogen and oxygen atoms in total. The molecule has 1 amide bonds. The van der Waals surface area contributed by atoms with Crippen molar-refractivity contribution in [2.24, 2.45) is 5.92 Å². The molecule has 0 bridgehead atoms. The van der Waals surface area contributed by atoms with E-state index in [1.165, 1.54) is 10.5 Å². The molecule has 2 aromatic rings. The van der Waals surface area contributed by atoms with Gasteiger partial charge in [0, 0.05) is 0 Å².